The lowest BCUT2D eigenvalue weighted by molar-refractivity contribution is -0.115. The second-order valence-corrected chi connectivity index (χ2v) is 9.46. The van der Waals surface area contributed by atoms with E-state index in [2.05, 4.69) is 33.2 Å². The quantitative estimate of drug-likeness (QED) is 0.273. The van der Waals surface area contributed by atoms with E-state index in [1.807, 2.05) is 55.5 Å². The van der Waals surface area contributed by atoms with Crippen molar-refractivity contribution in [3.63, 3.8) is 0 Å². The highest BCUT2D eigenvalue weighted by molar-refractivity contribution is 14.1. The first-order valence-electron chi connectivity index (χ1n) is 9.76. The molecule has 0 saturated carbocycles. The first-order valence-corrected chi connectivity index (χ1v) is 11.7. The van der Waals surface area contributed by atoms with Gasteiger partial charge in [-0.3, -0.25) is 9.59 Å². The van der Waals surface area contributed by atoms with Crippen LogP contribution in [0.4, 0.5) is 11.4 Å². The number of amides is 2. The summed E-state index contributed by atoms with van der Waals surface area (Å²) in [5, 5.41) is 5.51. The van der Waals surface area contributed by atoms with Crippen LogP contribution in [0.1, 0.15) is 17.3 Å². The van der Waals surface area contributed by atoms with Crippen LogP contribution in [0.3, 0.4) is 0 Å². The SMILES string of the molecule is COc1ccc(C(=O)Nc2ccc(SC(C)C(=O)Nc3ccc(I)cc3)cc2)cc1OC. The van der Waals surface area contributed by atoms with Crippen LogP contribution >= 0.6 is 34.4 Å². The molecule has 0 saturated heterocycles. The van der Waals surface area contributed by atoms with E-state index in [4.69, 9.17) is 9.47 Å². The number of rotatable bonds is 8. The van der Waals surface area contributed by atoms with Crippen molar-refractivity contribution in [1.82, 2.24) is 0 Å². The van der Waals surface area contributed by atoms with Crippen LogP contribution in [0.5, 0.6) is 11.5 Å². The minimum absolute atomic E-state index is 0.0676. The number of hydrogen-bond donors (Lipinski definition) is 2. The standard InChI is InChI=1S/C24H23IN2O4S/c1-15(23(28)26-18-7-5-17(25)6-8-18)32-20-11-9-19(10-12-20)27-24(29)16-4-13-21(30-2)22(14-16)31-3/h4-15H,1-3H3,(H,26,28)(H,27,29). The third kappa shape index (κ3) is 6.39. The molecule has 32 heavy (non-hydrogen) atoms. The molecule has 8 heteroatoms. The molecule has 3 aromatic carbocycles. The maximum Gasteiger partial charge on any atom is 0.255 e. The van der Waals surface area contributed by atoms with Gasteiger partial charge >= 0.3 is 0 Å². The fourth-order valence-electron chi connectivity index (χ4n) is 2.83. The van der Waals surface area contributed by atoms with Crippen molar-refractivity contribution >= 4 is 57.5 Å². The Morgan fingerprint density at radius 2 is 1.44 bits per heavy atom. The maximum atomic E-state index is 12.6. The number of benzene rings is 3. The number of ether oxygens (including phenoxy) is 2. The third-order valence-electron chi connectivity index (χ3n) is 4.55. The van der Waals surface area contributed by atoms with Gasteiger partial charge in [0.25, 0.3) is 5.91 Å². The van der Waals surface area contributed by atoms with Crippen LogP contribution in [0, 0.1) is 3.57 Å². The summed E-state index contributed by atoms with van der Waals surface area (Å²) in [5.74, 6) is 0.730. The van der Waals surface area contributed by atoms with Gasteiger partial charge in [0.15, 0.2) is 11.5 Å². The van der Waals surface area contributed by atoms with Crippen LogP contribution < -0.4 is 20.1 Å². The maximum absolute atomic E-state index is 12.6. The molecule has 0 aliphatic rings. The highest BCUT2D eigenvalue weighted by atomic mass is 127. The van der Waals surface area contributed by atoms with Crippen molar-refractivity contribution < 1.29 is 19.1 Å². The molecule has 1 unspecified atom stereocenters. The van der Waals surface area contributed by atoms with Gasteiger partial charge in [-0.25, -0.2) is 0 Å². The Morgan fingerprint density at radius 3 is 2.06 bits per heavy atom. The largest absolute Gasteiger partial charge is 0.493 e. The summed E-state index contributed by atoms with van der Waals surface area (Å²) in [6.45, 7) is 1.86. The topological polar surface area (TPSA) is 76.7 Å². The van der Waals surface area contributed by atoms with Crippen molar-refractivity contribution in [1.29, 1.82) is 0 Å². The first kappa shape index (κ1) is 23.9. The van der Waals surface area contributed by atoms with Gasteiger partial charge in [0.2, 0.25) is 5.91 Å². The average Bonchev–Trinajstić information content (AvgIpc) is 2.81. The van der Waals surface area contributed by atoms with Gasteiger partial charge < -0.3 is 20.1 Å². The summed E-state index contributed by atoms with van der Waals surface area (Å²) in [6.07, 6.45) is 0. The normalized spacial score (nSPS) is 11.4. The molecule has 0 aliphatic heterocycles. The lowest BCUT2D eigenvalue weighted by Gasteiger charge is -2.13. The zero-order valence-electron chi connectivity index (χ0n) is 17.8. The van der Waals surface area contributed by atoms with Crippen LogP contribution in [0.15, 0.2) is 71.6 Å². The Kier molecular flexibility index (Phi) is 8.40. The number of anilines is 2. The second kappa shape index (κ2) is 11.2. The van der Waals surface area contributed by atoms with Gasteiger partial charge in [-0.2, -0.15) is 0 Å². The summed E-state index contributed by atoms with van der Waals surface area (Å²) in [4.78, 5) is 26.0. The number of carbonyl (C=O) groups excluding carboxylic acids is 2. The zero-order valence-corrected chi connectivity index (χ0v) is 20.8. The van der Waals surface area contributed by atoms with Gasteiger partial charge in [-0.1, -0.05) is 0 Å². The molecule has 166 valence electrons. The van der Waals surface area contributed by atoms with Crippen molar-refractivity contribution in [3.8, 4) is 11.5 Å². The molecule has 0 fully saturated rings. The molecule has 0 radical (unpaired) electrons. The molecule has 6 nitrogen and oxygen atoms in total. The van der Waals surface area contributed by atoms with Gasteiger partial charge in [0, 0.05) is 25.4 Å². The molecule has 1 atom stereocenters. The Bertz CT molecular complexity index is 1090. The minimum atomic E-state index is -0.276. The fourth-order valence-corrected chi connectivity index (χ4v) is 4.06. The predicted molar refractivity (Wildman–Crippen MR) is 137 cm³/mol. The van der Waals surface area contributed by atoms with Crippen molar-refractivity contribution in [2.24, 2.45) is 0 Å². The monoisotopic (exact) mass is 562 g/mol. The van der Waals surface area contributed by atoms with Gasteiger partial charge in [0.1, 0.15) is 0 Å². The van der Waals surface area contributed by atoms with E-state index < -0.39 is 0 Å². The molecule has 0 bridgehead atoms. The van der Waals surface area contributed by atoms with Crippen LogP contribution in [0.25, 0.3) is 0 Å². The summed E-state index contributed by atoms with van der Waals surface area (Å²) >= 11 is 3.67. The van der Waals surface area contributed by atoms with Crippen LogP contribution in [0.2, 0.25) is 0 Å². The molecule has 0 aromatic heterocycles. The highest BCUT2D eigenvalue weighted by Gasteiger charge is 2.15. The Hall–Kier alpha value is -2.72. The molecule has 0 heterocycles. The molecule has 3 rings (SSSR count). The van der Waals surface area contributed by atoms with Gasteiger partial charge in [-0.05, 0) is 96.2 Å². The molecule has 0 spiro atoms. The molecule has 0 aliphatic carbocycles. The zero-order chi connectivity index (χ0) is 23.1. The third-order valence-corrected chi connectivity index (χ3v) is 6.38. The summed E-state index contributed by atoms with van der Waals surface area (Å²) in [7, 11) is 3.07. The number of methoxy groups -OCH3 is 2. The average molecular weight is 562 g/mol. The number of nitrogens with one attached hydrogen (secondary N) is 2. The van der Waals surface area contributed by atoms with Crippen molar-refractivity contribution in [2.75, 3.05) is 24.9 Å². The molecule has 2 amide bonds. The molecule has 2 N–H and O–H groups in total. The van der Waals surface area contributed by atoms with Crippen molar-refractivity contribution in [2.45, 2.75) is 17.1 Å². The summed E-state index contributed by atoms with van der Waals surface area (Å²) in [5.41, 5.74) is 1.89. The van der Waals surface area contributed by atoms with E-state index in [1.54, 1.807) is 25.3 Å². The molecular formula is C24H23IN2O4S. The summed E-state index contributed by atoms with van der Waals surface area (Å²) in [6, 6.07) is 20.0. The minimum Gasteiger partial charge on any atom is -0.493 e. The number of halogens is 1. The van der Waals surface area contributed by atoms with E-state index in [9.17, 15) is 9.59 Å². The van der Waals surface area contributed by atoms with E-state index in [1.165, 1.54) is 18.9 Å². The molecule has 3 aromatic rings. The Balaban J connectivity index is 1.58. The Labute approximate surface area is 205 Å². The number of hydrogen-bond acceptors (Lipinski definition) is 5. The summed E-state index contributed by atoms with van der Waals surface area (Å²) < 4.78 is 11.6. The Morgan fingerprint density at radius 1 is 0.844 bits per heavy atom. The fraction of sp³-hybridized carbons (Fsp3) is 0.167. The number of carbonyl (C=O) groups is 2. The van der Waals surface area contributed by atoms with Crippen LogP contribution in [-0.2, 0) is 4.79 Å². The van der Waals surface area contributed by atoms with E-state index >= 15 is 0 Å². The molecular weight excluding hydrogens is 539 g/mol. The van der Waals surface area contributed by atoms with Crippen LogP contribution in [-0.4, -0.2) is 31.3 Å². The van der Waals surface area contributed by atoms with Gasteiger partial charge in [-0.15, -0.1) is 11.8 Å². The first-order chi connectivity index (χ1) is 15.4. The smallest absolute Gasteiger partial charge is 0.255 e. The number of thioether (sulfide) groups is 1. The highest BCUT2D eigenvalue weighted by Crippen LogP contribution is 2.29. The lowest BCUT2D eigenvalue weighted by atomic mass is 10.2. The van der Waals surface area contributed by atoms with E-state index in [0.717, 1.165) is 14.2 Å². The van der Waals surface area contributed by atoms with E-state index in [-0.39, 0.29) is 17.1 Å². The lowest BCUT2D eigenvalue weighted by Crippen LogP contribution is -2.22. The van der Waals surface area contributed by atoms with Crippen molar-refractivity contribution in [3.05, 3.63) is 75.9 Å². The van der Waals surface area contributed by atoms with E-state index in [0.29, 0.717) is 22.7 Å². The predicted octanol–water partition coefficient (Wildman–Crippen LogP) is 5.68. The van der Waals surface area contributed by atoms with Gasteiger partial charge in [0.05, 0.1) is 19.5 Å². The second-order valence-electron chi connectivity index (χ2n) is 6.80.